The first-order chi connectivity index (χ1) is 10.0. The molecule has 0 aromatic heterocycles. The van der Waals surface area contributed by atoms with E-state index in [0.717, 1.165) is 12.0 Å². The quantitative estimate of drug-likeness (QED) is 0.874. The van der Waals surface area contributed by atoms with Gasteiger partial charge in [-0.2, -0.15) is 13.2 Å². The minimum absolute atomic E-state index is 0.157. The van der Waals surface area contributed by atoms with Crippen molar-refractivity contribution in [1.29, 1.82) is 0 Å². The minimum atomic E-state index is -4.16. The van der Waals surface area contributed by atoms with Crippen molar-refractivity contribution < 1.29 is 18.3 Å². The molecule has 2 unspecified atom stereocenters. The van der Waals surface area contributed by atoms with Gasteiger partial charge in [-0.1, -0.05) is 43.2 Å². The summed E-state index contributed by atoms with van der Waals surface area (Å²) < 4.78 is 39.2. The molecule has 1 saturated carbocycles. The number of aliphatic hydroxyl groups is 1. The molecule has 1 fully saturated rings. The van der Waals surface area contributed by atoms with Crippen molar-refractivity contribution in [3.63, 3.8) is 0 Å². The van der Waals surface area contributed by atoms with Gasteiger partial charge in [0.2, 0.25) is 0 Å². The highest BCUT2D eigenvalue weighted by molar-refractivity contribution is 5.16. The second-order valence-electron chi connectivity index (χ2n) is 5.77. The lowest BCUT2D eigenvalue weighted by Crippen LogP contribution is -2.50. The van der Waals surface area contributed by atoms with Crippen LogP contribution in [0.15, 0.2) is 30.3 Å². The molecule has 118 valence electrons. The van der Waals surface area contributed by atoms with Crippen LogP contribution in [-0.4, -0.2) is 30.0 Å². The van der Waals surface area contributed by atoms with Crippen molar-refractivity contribution in [3.05, 3.63) is 35.9 Å². The van der Waals surface area contributed by atoms with Crippen LogP contribution in [0.2, 0.25) is 0 Å². The summed E-state index contributed by atoms with van der Waals surface area (Å²) in [5.41, 5.74) is 1.02. The van der Waals surface area contributed by atoms with E-state index in [2.05, 4.69) is 5.32 Å². The predicted octanol–water partition coefficient (Wildman–Crippen LogP) is 3.30. The van der Waals surface area contributed by atoms with Crippen molar-refractivity contribution in [2.45, 2.75) is 50.4 Å². The Bertz CT molecular complexity index is 421. The predicted molar refractivity (Wildman–Crippen MR) is 76.0 cm³/mol. The van der Waals surface area contributed by atoms with Crippen LogP contribution >= 0.6 is 0 Å². The molecule has 2 N–H and O–H groups in total. The summed E-state index contributed by atoms with van der Waals surface area (Å²) in [4.78, 5) is 0. The summed E-state index contributed by atoms with van der Waals surface area (Å²) in [5.74, 6) is -1.30. The highest BCUT2D eigenvalue weighted by Gasteiger charge is 2.45. The van der Waals surface area contributed by atoms with Gasteiger partial charge in [0, 0.05) is 12.1 Å². The molecule has 0 aliphatic heterocycles. The van der Waals surface area contributed by atoms with Crippen molar-refractivity contribution in [2.24, 2.45) is 5.92 Å². The van der Waals surface area contributed by atoms with Gasteiger partial charge in [-0.05, 0) is 24.8 Å². The van der Waals surface area contributed by atoms with Crippen LogP contribution in [-0.2, 0) is 6.42 Å². The van der Waals surface area contributed by atoms with Crippen molar-refractivity contribution >= 4 is 0 Å². The second kappa shape index (κ2) is 7.27. The summed E-state index contributed by atoms with van der Waals surface area (Å²) in [6, 6.07) is 8.61. The fourth-order valence-corrected chi connectivity index (χ4v) is 3.10. The molecule has 5 heteroatoms. The first kappa shape index (κ1) is 16.3. The molecule has 1 aromatic carbocycles. The molecule has 0 spiro atoms. The summed E-state index contributed by atoms with van der Waals surface area (Å²) in [6.07, 6.45) is -1.47. The molecule has 1 aromatic rings. The molecule has 0 bridgehead atoms. The minimum Gasteiger partial charge on any atom is -0.395 e. The molecule has 2 rings (SSSR count). The van der Waals surface area contributed by atoms with Gasteiger partial charge in [-0.25, -0.2) is 0 Å². The summed E-state index contributed by atoms with van der Waals surface area (Å²) in [7, 11) is 0. The van der Waals surface area contributed by atoms with Gasteiger partial charge in [0.15, 0.2) is 0 Å². The molecule has 1 aliphatic carbocycles. The van der Waals surface area contributed by atoms with E-state index in [-0.39, 0.29) is 19.1 Å². The largest absolute Gasteiger partial charge is 0.395 e. The summed E-state index contributed by atoms with van der Waals surface area (Å²) >= 11 is 0. The Morgan fingerprint density at radius 2 is 1.81 bits per heavy atom. The Morgan fingerprint density at radius 1 is 1.14 bits per heavy atom. The smallest absolute Gasteiger partial charge is 0.393 e. The van der Waals surface area contributed by atoms with Crippen LogP contribution in [0.25, 0.3) is 0 Å². The van der Waals surface area contributed by atoms with Crippen LogP contribution < -0.4 is 5.32 Å². The highest BCUT2D eigenvalue weighted by Crippen LogP contribution is 2.37. The fourth-order valence-electron chi connectivity index (χ4n) is 3.10. The summed E-state index contributed by atoms with van der Waals surface area (Å²) in [5, 5.41) is 12.5. The lowest BCUT2D eigenvalue weighted by Gasteiger charge is -2.36. The van der Waals surface area contributed by atoms with Crippen LogP contribution in [0, 0.1) is 5.92 Å². The first-order valence-corrected chi connectivity index (χ1v) is 7.48. The van der Waals surface area contributed by atoms with Gasteiger partial charge in [0.25, 0.3) is 0 Å². The van der Waals surface area contributed by atoms with Crippen molar-refractivity contribution in [3.8, 4) is 0 Å². The van der Waals surface area contributed by atoms with Gasteiger partial charge in [0.1, 0.15) is 0 Å². The van der Waals surface area contributed by atoms with E-state index >= 15 is 0 Å². The molecule has 2 nitrogen and oxygen atoms in total. The average Bonchev–Trinajstić information content (AvgIpc) is 2.47. The number of aliphatic hydroxyl groups excluding tert-OH is 1. The zero-order valence-electron chi connectivity index (χ0n) is 11.9. The van der Waals surface area contributed by atoms with Gasteiger partial charge >= 0.3 is 6.18 Å². The lowest BCUT2D eigenvalue weighted by atomic mass is 9.83. The molecule has 0 heterocycles. The normalized spacial score (nSPS) is 24.8. The monoisotopic (exact) mass is 301 g/mol. The van der Waals surface area contributed by atoms with Crippen molar-refractivity contribution in [2.75, 3.05) is 6.61 Å². The lowest BCUT2D eigenvalue weighted by molar-refractivity contribution is -0.189. The van der Waals surface area contributed by atoms with Gasteiger partial charge < -0.3 is 10.4 Å². The number of halogens is 3. The Labute approximate surface area is 123 Å². The Morgan fingerprint density at radius 3 is 2.43 bits per heavy atom. The number of hydrogen-bond acceptors (Lipinski definition) is 2. The maximum atomic E-state index is 13.1. The topological polar surface area (TPSA) is 32.3 Å². The molecule has 3 atom stereocenters. The molecular formula is C16H22F3NO. The Kier molecular flexibility index (Phi) is 5.65. The third-order valence-corrected chi connectivity index (χ3v) is 4.18. The standard InChI is InChI=1S/C16H22F3NO/c17-16(18,19)14-8-4-5-9-15(14)20-13(11-21)10-12-6-2-1-3-7-12/h1-3,6-7,13-15,20-21H,4-5,8-11H2/t13-,14?,15?/m1/s1. The average molecular weight is 301 g/mol. The molecule has 0 radical (unpaired) electrons. The van der Waals surface area contributed by atoms with Crippen LogP contribution in [0.1, 0.15) is 31.2 Å². The zero-order valence-corrected chi connectivity index (χ0v) is 11.9. The van der Waals surface area contributed by atoms with Gasteiger partial charge in [-0.3, -0.25) is 0 Å². The molecule has 1 aliphatic rings. The fraction of sp³-hybridized carbons (Fsp3) is 0.625. The molecule has 21 heavy (non-hydrogen) atoms. The van der Waals surface area contributed by atoms with E-state index in [0.29, 0.717) is 19.3 Å². The first-order valence-electron chi connectivity index (χ1n) is 7.48. The summed E-state index contributed by atoms with van der Waals surface area (Å²) in [6.45, 7) is -0.157. The number of rotatable bonds is 5. The van der Waals surface area contributed by atoms with E-state index in [9.17, 15) is 18.3 Å². The SMILES string of the molecule is OC[C@@H](Cc1ccccc1)NC1CCCCC1C(F)(F)F. The maximum absolute atomic E-state index is 13.1. The number of benzene rings is 1. The van der Waals surface area contributed by atoms with E-state index < -0.39 is 18.1 Å². The van der Waals surface area contributed by atoms with E-state index in [1.807, 2.05) is 30.3 Å². The number of nitrogens with one attached hydrogen (secondary N) is 1. The van der Waals surface area contributed by atoms with Crippen LogP contribution in [0.3, 0.4) is 0 Å². The number of hydrogen-bond donors (Lipinski definition) is 2. The number of alkyl halides is 3. The molecular weight excluding hydrogens is 279 g/mol. The maximum Gasteiger partial charge on any atom is 0.393 e. The molecule has 0 amide bonds. The van der Waals surface area contributed by atoms with E-state index in [1.54, 1.807) is 0 Å². The van der Waals surface area contributed by atoms with Crippen molar-refractivity contribution in [1.82, 2.24) is 5.32 Å². The third-order valence-electron chi connectivity index (χ3n) is 4.18. The Hall–Kier alpha value is -1.07. The van der Waals surface area contributed by atoms with Gasteiger partial charge in [0.05, 0.1) is 12.5 Å². The second-order valence-corrected chi connectivity index (χ2v) is 5.77. The van der Waals surface area contributed by atoms with E-state index in [1.165, 1.54) is 0 Å². The van der Waals surface area contributed by atoms with E-state index in [4.69, 9.17) is 0 Å². The molecule has 0 saturated heterocycles. The van der Waals surface area contributed by atoms with Gasteiger partial charge in [-0.15, -0.1) is 0 Å². The zero-order chi connectivity index (χ0) is 15.3. The van der Waals surface area contributed by atoms with Crippen LogP contribution in [0.5, 0.6) is 0 Å². The highest BCUT2D eigenvalue weighted by atomic mass is 19.4. The van der Waals surface area contributed by atoms with Crippen LogP contribution in [0.4, 0.5) is 13.2 Å². The Balaban J connectivity index is 1.99. The third kappa shape index (κ3) is 4.71.